The SMILES string of the molecule is C#CC(C)(C)NCC(=O)NCCC. The number of nitrogens with one attached hydrogen (secondary N) is 2. The van der Waals surface area contributed by atoms with Crippen LogP contribution in [-0.4, -0.2) is 24.5 Å². The Kier molecular flexibility index (Phi) is 5.17. The van der Waals surface area contributed by atoms with Crippen LogP contribution in [0.2, 0.25) is 0 Å². The van der Waals surface area contributed by atoms with Gasteiger partial charge in [-0.1, -0.05) is 12.8 Å². The summed E-state index contributed by atoms with van der Waals surface area (Å²) in [4.78, 5) is 11.1. The van der Waals surface area contributed by atoms with E-state index in [0.717, 1.165) is 13.0 Å². The first-order chi connectivity index (χ1) is 6.02. The molecule has 0 aromatic heterocycles. The fraction of sp³-hybridized carbons (Fsp3) is 0.700. The zero-order valence-corrected chi connectivity index (χ0v) is 8.61. The molecule has 0 aromatic rings. The average molecular weight is 182 g/mol. The molecule has 3 nitrogen and oxygen atoms in total. The predicted octanol–water partition coefficient (Wildman–Crippen LogP) is 0.514. The highest BCUT2D eigenvalue weighted by molar-refractivity contribution is 5.78. The maximum atomic E-state index is 11.1. The molecule has 0 radical (unpaired) electrons. The van der Waals surface area contributed by atoms with E-state index in [1.165, 1.54) is 0 Å². The number of amides is 1. The van der Waals surface area contributed by atoms with Crippen LogP contribution in [0.1, 0.15) is 27.2 Å². The molecule has 74 valence electrons. The molecule has 0 atom stereocenters. The van der Waals surface area contributed by atoms with E-state index in [0.29, 0.717) is 0 Å². The molecular weight excluding hydrogens is 164 g/mol. The number of terminal acetylenes is 1. The molecule has 0 fully saturated rings. The highest BCUT2D eigenvalue weighted by Crippen LogP contribution is 1.96. The molecule has 0 rings (SSSR count). The molecule has 13 heavy (non-hydrogen) atoms. The summed E-state index contributed by atoms with van der Waals surface area (Å²) < 4.78 is 0. The van der Waals surface area contributed by atoms with E-state index in [2.05, 4.69) is 16.6 Å². The van der Waals surface area contributed by atoms with Gasteiger partial charge in [0.1, 0.15) is 0 Å². The van der Waals surface area contributed by atoms with Gasteiger partial charge in [-0.25, -0.2) is 0 Å². The molecule has 0 heterocycles. The van der Waals surface area contributed by atoms with Crippen LogP contribution in [0.5, 0.6) is 0 Å². The van der Waals surface area contributed by atoms with E-state index >= 15 is 0 Å². The van der Waals surface area contributed by atoms with Crippen LogP contribution in [0.4, 0.5) is 0 Å². The van der Waals surface area contributed by atoms with Gasteiger partial charge >= 0.3 is 0 Å². The highest BCUT2D eigenvalue weighted by atomic mass is 16.1. The molecule has 0 bridgehead atoms. The van der Waals surface area contributed by atoms with Gasteiger partial charge in [-0.2, -0.15) is 0 Å². The van der Waals surface area contributed by atoms with Gasteiger partial charge < -0.3 is 5.32 Å². The molecular formula is C10H18N2O. The van der Waals surface area contributed by atoms with Crippen LogP contribution in [0.25, 0.3) is 0 Å². The zero-order valence-electron chi connectivity index (χ0n) is 8.61. The van der Waals surface area contributed by atoms with Gasteiger partial charge in [-0.3, -0.25) is 10.1 Å². The lowest BCUT2D eigenvalue weighted by molar-refractivity contribution is -0.120. The number of hydrogen-bond donors (Lipinski definition) is 2. The van der Waals surface area contributed by atoms with Crippen molar-refractivity contribution < 1.29 is 4.79 Å². The van der Waals surface area contributed by atoms with Crippen molar-refractivity contribution in [3.8, 4) is 12.3 Å². The minimum Gasteiger partial charge on any atom is -0.355 e. The van der Waals surface area contributed by atoms with Crippen LogP contribution in [0.3, 0.4) is 0 Å². The van der Waals surface area contributed by atoms with Crippen LogP contribution in [-0.2, 0) is 4.79 Å². The van der Waals surface area contributed by atoms with E-state index in [4.69, 9.17) is 6.42 Å². The Morgan fingerprint density at radius 2 is 2.15 bits per heavy atom. The molecule has 0 unspecified atom stereocenters. The van der Waals surface area contributed by atoms with Crippen molar-refractivity contribution in [3.05, 3.63) is 0 Å². The largest absolute Gasteiger partial charge is 0.355 e. The fourth-order valence-electron chi connectivity index (χ4n) is 0.679. The van der Waals surface area contributed by atoms with Gasteiger partial charge in [0.25, 0.3) is 0 Å². The zero-order chi connectivity index (χ0) is 10.3. The first-order valence-electron chi connectivity index (χ1n) is 4.51. The Morgan fingerprint density at radius 3 is 2.62 bits per heavy atom. The van der Waals surface area contributed by atoms with E-state index in [9.17, 15) is 4.79 Å². The van der Waals surface area contributed by atoms with Gasteiger partial charge in [0, 0.05) is 6.54 Å². The van der Waals surface area contributed by atoms with E-state index < -0.39 is 5.54 Å². The lowest BCUT2D eigenvalue weighted by Gasteiger charge is -2.18. The summed E-state index contributed by atoms with van der Waals surface area (Å²) in [6.07, 6.45) is 6.20. The van der Waals surface area contributed by atoms with Crippen LogP contribution < -0.4 is 10.6 Å². The molecule has 0 spiro atoms. The third-order valence-electron chi connectivity index (χ3n) is 1.62. The van der Waals surface area contributed by atoms with E-state index in [-0.39, 0.29) is 12.5 Å². The Balaban J connectivity index is 3.65. The van der Waals surface area contributed by atoms with Crippen LogP contribution in [0, 0.1) is 12.3 Å². The van der Waals surface area contributed by atoms with Gasteiger partial charge in [0.15, 0.2) is 0 Å². The Hall–Kier alpha value is -1.01. The third kappa shape index (κ3) is 6.18. The second-order valence-electron chi connectivity index (χ2n) is 3.47. The second kappa shape index (κ2) is 5.60. The minimum atomic E-state index is -0.413. The van der Waals surface area contributed by atoms with E-state index in [1.807, 2.05) is 20.8 Å². The second-order valence-corrected chi connectivity index (χ2v) is 3.47. The van der Waals surface area contributed by atoms with Crippen molar-refractivity contribution in [2.75, 3.05) is 13.1 Å². The molecule has 0 saturated carbocycles. The Morgan fingerprint density at radius 1 is 1.54 bits per heavy atom. The maximum absolute atomic E-state index is 11.1. The van der Waals surface area contributed by atoms with Crippen LogP contribution >= 0.6 is 0 Å². The minimum absolute atomic E-state index is 0.00910. The van der Waals surface area contributed by atoms with Crippen LogP contribution in [0.15, 0.2) is 0 Å². The van der Waals surface area contributed by atoms with Gasteiger partial charge in [0.2, 0.25) is 5.91 Å². The quantitative estimate of drug-likeness (QED) is 0.608. The van der Waals surface area contributed by atoms with Crippen molar-refractivity contribution >= 4 is 5.91 Å². The summed E-state index contributed by atoms with van der Waals surface area (Å²) in [5.74, 6) is 2.55. The summed E-state index contributed by atoms with van der Waals surface area (Å²) in [6.45, 7) is 6.73. The first kappa shape index (κ1) is 12.0. The van der Waals surface area contributed by atoms with Gasteiger partial charge in [0.05, 0.1) is 12.1 Å². The molecule has 0 aliphatic rings. The van der Waals surface area contributed by atoms with Gasteiger partial charge in [-0.15, -0.1) is 6.42 Å². The number of hydrogen-bond acceptors (Lipinski definition) is 2. The standard InChI is InChI=1S/C10H18N2O/c1-5-7-11-9(13)8-12-10(3,4)6-2/h2,12H,5,7-8H2,1,3-4H3,(H,11,13). The summed E-state index contributed by atoms with van der Waals surface area (Å²) in [5.41, 5.74) is -0.413. The Bertz CT molecular complexity index is 203. The first-order valence-corrected chi connectivity index (χ1v) is 4.51. The van der Waals surface area contributed by atoms with Crippen molar-refractivity contribution in [1.29, 1.82) is 0 Å². The van der Waals surface area contributed by atoms with Crippen molar-refractivity contribution in [1.82, 2.24) is 10.6 Å². The summed E-state index contributed by atoms with van der Waals surface area (Å²) in [7, 11) is 0. The molecule has 1 amide bonds. The van der Waals surface area contributed by atoms with Crippen molar-refractivity contribution in [3.63, 3.8) is 0 Å². The molecule has 0 saturated heterocycles. The number of carbonyl (C=O) groups is 1. The van der Waals surface area contributed by atoms with E-state index in [1.54, 1.807) is 0 Å². The molecule has 2 N–H and O–H groups in total. The average Bonchev–Trinajstić information content (AvgIpc) is 2.11. The molecule has 0 aliphatic heterocycles. The summed E-state index contributed by atoms with van der Waals surface area (Å²) in [5, 5.41) is 5.73. The molecule has 0 aromatic carbocycles. The predicted molar refractivity (Wildman–Crippen MR) is 54.2 cm³/mol. The monoisotopic (exact) mass is 182 g/mol. The third-order valence-corrected chi connectivity index (χ3v) is 1.62. The number of carbonyl (C=O) groups excluding carboxylic acids is 1. The summed E-state index contributed by atoms with van der Waals surface area (Å²) in [6, 6.07) is 0. The normalized spacial score (nSPS) is 10.6. The number of rotatable bonds is 5. The lowest BCUT2D eigenvalue weighted by Crippen LogP contribution is -2.44. The lowest BCUT2D eigenvalue weighted by atomic mass is 10.1. The Labute approximate surface area is 80.3 Å². The fourth-order valence-corrected chi connectivity index (χ4v) is 0.679. The smallest absolute Gasteiger partial charge is 0.234 e. The topological polar surface area (TPSA) is 41.1 Å². The van der Waals surface area contributed by atoms with Crippen molar-refractivity contribution in [2.24, 2.45) is 0 Å². The van der Waals surface area contributed by atoms with Gasteiger partial charge in [-0.05, 0) is 20.3 Å². The van der Waals surface area contributed by atoms with Crippen molar-refractivity contribution in [2.45, 2.75) is 32.7 Å². The summed E-state index contributed by atoms with van der Waals surface area (Å²) >= 11 is 0. The maximum Gasteiger partial charge on any atom is 0.234 e. The molecule has 0 aliphatic carbocycles. The molecule has 3 heteroatoms. The highest BCUT2D eigenvalue weighted by Gasteiger charge is 2.13.